The van der Waals surface area contributed by atoms with Crippen molar-refractivity contribution in [1.82, 2.24) is 0 Å². The van der Waals surface area contributed by atoms with Gasteiger partial charge in [0.05, 0.1) is 19.3 Å². The van der Waals surface area contributed by atoms with E-state index in [0.717, 1.165) is 36.3 Å². The highest BCUT2D eigenvalue weighted by molar-refractivity contribution is 5.44. The van der Waals surface area contributed by atoms with Gasteiger partial charge in [0.25, 0.3) is 0 Å². The van der Waals surface area contributed by atoms with Crippen molar-refractivity contribution in [3.8, 4) is 11.5 Å². The number of ether oxygens (including phenoxy) is 3. The van der Waals surface area contributed by atoms with Gasteiger partial charge in [0.15, 0.2) is 0 Å². The first-order valence-electron chi connectivity index (χ1n) is 6.93. The molecule has 1 fully saturated rings. The Morgan fingerprint density at radius 3 is 2.79 bits per heavy atom. The lowest BCUT2D eigenvalue weighted by Gasteiger charge is -2.33. The molecule has 1 aromatic carbocycles. The lowest BCUT2D eigenvalue weighted by atomic mass is 9.93. The zero-order valence-corrected chi connectivity index (χ0v) is 11.5. The molecule has 4 nitrogen and oxygen atoms in total. The van der Waals surface area contributed by atoms with Gasteiger partial charge in [-0.15, -0.1) is 0 Å². The maximum absolute atomic E-state index is 6.25. The second-order valence-corrected chi connectivity index (χ2v) is 5.46. The van der Waals surface area contributed by atoms with Crippen LogP contribution in [0.15, 0.2) is 18.2 Å². The van der Waals surface area contributed by atoms with E-state index in [0.29, 0.717) is 6.10 Å². The van der Waals surface area contributed by atoms with Crippen LogP contribution < -0.4 is 15.2 Å². The molecule has 3 unspecified atom stereocenters. The van der Waals surface area contributed by atoms with Crippen LogP contribution in [0.1, 0.15) is 37.8 Å². The van der Waals surface area contributed by atoms with Crippen molar-refractivity contribution in [2.75, 3.05) is 7.11 Å². The second-order valence-electron chi connectivity index (χ2n) is 5.46. The number of hydrogen-bond donors (Lipinski definition) is 1. The number of benzene rings is 1. The summed E-state index contributed by atoms with van der Waals surface area (Å²) in [5.41, 5.74) is 7.31. The van der Waals surface area contributed by atoms with Crippen LogP contribution >= 0.6 is 0 Å². The van der Waals surface area contributed by atoms with E-state index in [1.165, 1.54) is 0 Å². The minimum Gasteiger partial charge on any atom is -0.497 e. The van der Waals surface area contributed by atoms with Gasteiger partial charge in [0.1, 0.15) is 17.6 Å². The molecule has 0 aliphatic carbocycles. The molecule has 0 aromatic heterocycles. The van der Waals surface area contributed by atoms with E-state index in [1.807, 2.05) is 18.2 Å². The predicted octanol–water partition coefficient (Wildman–Crippen LogP) is 2.41. The highest BCUT2D eigenvalue weighted by atomic mass is 16.6. The number of fused-ring (bicyclic) bond motifs is 1. The third-order valence-electron chi connectivity index (χ3n) is 4.06. The molecule has 1 aromatic rings. The first-order chi connectivity index (χ1) is 9.17. The van der Waals surface area contributed by atoms with Crippen LogP contribution in [0.2, 0.25) is 0 Å². The molecule has 4 heteroatoms. The molecule has 0 spiro atoms. The van der Waals surface area contributed by atoms with E-state index in [2.05, 4.69) is 6.92 Å². The summed E-state index contributed by atoms with van der Waals surface area (Å²) in [6, 6.07) is 5.85. The Kier molecular flexibility index (Phi) is 3.37. The summed E-state index contributed by atoms with van der Waals surface area (Å²) in [6.45, 7) is 2.11. The van der Waals surface area contributed by atoms with Crippen molar-refractivity contribution in [3.63, 3.8) is 0 Å². The third kappa shape index (κ3) is 2.42. The fourth-order valence-corrected chi connectivity index (χ4v) is 2.97. The van der Waals surface area contributed by atoms with Crippen molar-refractivity contribution in [1.29, 1.82) is 0 Å². The Balaban J connectivity index is 1.82. The Hall–Kier alpha value is -1.26. The molecule has 19 heavy (non-hydrogen) atoms. The first-order valence-corrected chi connectivity index (χ1v) is 6.93. The lowest BCUT2D eigenvalue weighted by Crippen LogP contribution is -2.38. The van der Waals surface area contributed by atoms with Crippen molar-refractivity contribution in [3.05, 3.63) is 23.8 Å². The molecule has 3 rings (SSSR count). The van der Waals surface area contributed by atoms with Crippen LogP contribution in [-0.2, 0) is 4.74 Å². The first kappa shape index (κ1) is 12.8. The average Bonchev–Trinajstić information content (AvgIpc) is 2.84. The number of hydrogen-bond acceptors (Lipinski definition) is 4. The summed E-state index contributed by atoms with van der Waals surface area (Å²) in [7, 11) is 1.66. The summed E-state index contributed by atoms with van der Waals surface area (Å²) >= 11 is 0. The molecule has 0 saturated carbocycles. The average molecular weight is 263 g/mol. The van der Waals surface area contributed by atoms with Gasteiger partial charge in [-0.3, -0.25) is 0 Å². The van der Waals surface area contributed by atoms with Crippen LogP contribution in [0.5, 0.6) is 11.5 Å². The van der Waals surface area contributed by atoms with Gasteiger partial charge < -0.3 is 19.9 Å². The smallest absolute Gasteiger partial charge is 0.128 e. The molecule has 2 aliphatic heterocycles. The zero-order chi connectivity index (χ0) is 13.4. The van der Waals surface area contributed by atoms with Crippen molar-refractivity contribution >= 4 is 0 Å². The fraction of sp³-hybridized carbons (Fsp3) is 0.600. The normalized spacial score (nSPS) is 33.6. The standard InChI is InChI=1S/C15H21NO3/c1-9-3-6-13(18-9)15-8-12(16)11-5-4-10(17-2)7-14(11)19-15/h4-5,7,9,12-13,15H,3,6,8,16H2,1-2H3/t9?,12-,13?,15?/m0/s1. The minimum absolute atomic E-state index is 0.0131. The van der Waals surface area contributed by atoms with Gasteiger partial charge >= 0.3 is 0 Å². The third-order valence-corrected chi connectivity index (χ3v) is 4.06. The van der Waals surface area contributed by atoms with Crippen molar-refractivity contribution in [2.24, 2.45) is 5.73 Å². The Morgan fingerprint density at radius 1 is 1.26 bits per heavy atom. The van der Waals surface area contributed by atoms with Gasteiger partial charge in [0.2, 0.25) is 0 Å². The summed E-state index contributed by atoms with van der Waals surface area (Å²) in [5, 5.41) is 0. The monoisotopic (exact) mass is 263 g/mol. The molecule has 2 aliphatic rings. The lowest BCUT2D eigenvalue weighted by molar-refractivity contribution is -0.0282. The van der Waals surface area contributed by atoms with Gasteiger partial charge in [0, 0.05) is 24.1 Å². The highest BCUT2D eigenvalue weighted by Gasteiger charge is 2.36. The summed E-state index contributed by atoms with van der Waals surface area (Å²) in [4.78, 5) is 0. The molecule has 0 amide bonds. The van der Waals surface area contributed by atoms with Crippen molar-refractivity contribution in [2.45, 2.75) is 50.5 Å². The van der Waals surface area contributed by atoms with E-state index in [9.17, 15) is 0 Å². The molecular formula is C15H21NO3. The van der Waals surface area contributed by atoms with Crippen LogP contribution in [0.25, 0.3) is 0 Å². The van der Waals surface area contributed by atoms with E-state index >= 15 is 0 Å². The molecule has 2 N–H and O–H groups in total. The maximum atomic E-state index is 6.25. The van der Waals surface area contributed by atoms with E-state index in [-0.39, 0.29) is 18.2 Å². The highest BCUT2D eigenvalue weighted by Crippen LogP contribution is 2.39. The summed E-state index contributed by atoms with van der Waals surface area (Å²) < 4.78 is 17.2. The Labute approximate surface area is 113 Å². The molecular weight excluding hydrogens is 242 g/mol. The van der Waals surface area contributed by atoms with Crippen molar-refractivity contribution < 1.29 is 14.2 Å². The molecule has 0 bridgehead atoms. The molecule has 2 heterocycles. The van der Waals surface area contributed by atoms with E-state index in [4.69, 9.17) is 19.9 Å². The zero-order valence-electron chi connectivity index (χ0n) is 11.5. The number of methoxy groups -OCH3 is 1. The molecule has 104 valence electrons. The summed E-state index contributed by atoms with van der Waals surface area (Å²) in [5.74, 6) is 1.64. The van der Waals surface area contributed by atoms with Crippen LogP contribution in [0.3, 0.4) is 0 Å². The maximum Gasteiger partial charge on any atom is 0.128 e. The van der Waals surface area contributed by atoms with Gasteiger partial charge in [-0.05, 0) is 25.8 Å². The molecule has 4 atom stereocenters. The van der Waals surface area contributed by atoms with Crippen LogP contribution in [0, 0.1) is 0 Å². The predicted molar refractivity (Wildman–Crippen MR) is 72.5 cm³/mol. The summed E-state index contributed by atoms with van der Waals surface area (Å²) in [6.07, 6.45) is 3.52. The number of rotatable bonds is 2. The second kappa shape index (κ2) is 5.02. The van der Waals surface area contributed by atoms with Gasteiger partial charge in [-0.2, -0.15) is 0 Å². The van der Waals surface area contributed by atoms with Gasteiger partial charge in [-0.25, -0.2) is 0 Å². The van der Waals surface area contributed by atoms with E-state index < -0.39 is 0 Å². The van der Waals surface area contributed by atoms with E-state index in [1.54, 1.807) is 7.11 Å². The number of nitrogens with two attached hydrogens (primary N) is 1. The Bertz CT molecular complexity index is 463. The SMILES string of the molecule is COc1ccc2c(c1)OC(C1CCC(C)O1)C[C@@H]2N. The van der Waals surface area contributed by atoms with Crippen LogP contribution in [0.4, 0.5) is 0 Å². The molecule has 1 saturated heterocycles. The van der Waals surface area contributed by atoms with Gasteiger partial charge in [-0.1, -0.05) is 6.07 Å². The quantitative estimate of drug-likeness (QED) is 0.890. The fourth-order valence-electron chi connectivity index (χ4n) is 2.97. The topological polar surface area (TPSA) is 53.7 Å². The largest absolute Gasteiger partial charge is 0.497 e. The Morgan fingerprint density at radius 2 is 2.11 bits per heavy atom. The minimum atomic E-state index is 0.0131. The molecule has 0 radical (unpaired) electrons. The van der Waals surface area contributed by atoms with Crippen LogP contribution in [-0.4, -0.2) is 25.4 Å².